The van der Waals surface area contributed by atoms with Gasteiger partial charge in [-0.15, -0.1) is 0 Å². The number of hydrogen-bond donors (Lipinski definition) is 1. The van der Waals surface area contributed by atoms with E-state index in [-0.39, 0.29) is 0 Å². The smallest absolute Gasteiger partial charge is 0.122 e. The lowest BCUT2D eigenvalue weighted by Gasteiger charge is -2.20. The quantitative estimate of drug-likeness (QED) is 0.840. The molecule has 2 aromatic carbocycles. The molecule has 0 aromatic heterocycles. The van der Waals surface area contributed by atoms with Gasteiger partial charge in [0.05, 0.1) is 7.11 Å². The average molecular weight is 348 g/mol. The molecule has 0 fully saturated rings. The molecular weight excluding hydrogens is 326 g/mol. The summed E-state index contributed by atoms with van der Waals surface area (Å²) in [6, 6.07) is 14.8. The Bertz CT molecular complexity index is 598. The molecule has 0 amide bonds. The van der Waals surface area contributed by atoms with Gasteiger partial charge in [-0.25, -0.2) is 0 Å². The maximum atomic E-state index is 5.51. The van der Waals surface area contributed by atoms with Crippen LogP contribution in [-0.2, 0) is 6.42 Å². The van der Waals surface area contributed by atoms with Gasteiger partial charge in [-0.2, -0.15) is 0 Å². The molecule has 0 saturated carbocycles. The van der Waals surface area contributed by atoms with Gasteiger partial charge in [0.1, 0.15) is 5.75 Å². The number of hydrogen-bond acceptors (Lipinski definition) is 2. The van der Waals surface area contributed by atoms with Gasteiger partial charge < -0.3 is 10.1 Å². The first kappa shape index (κ1) is 16.1. The molecule has 0 saturated heterocycles. The van der Waals surface area contributed by atoms with Crippen LogP contribution in [-0.4, -0.2) is 20.7 Å². The van der Waals surface area contributed by atoms with Crippen molar-refractivity contribution in [2.75, 3.05) is 20.7 Å². The summed E-state index contributed by atoms with van der Waals surface area (Å²) < 4.78 is 6.68. The largest absolute Gasteiger partial charge is 0.496 e. The summed E-state index contributed by atoms with van der Waals surface area (Å²) in [4.78, 5) is 0. The van der Waals surface area contributed by atoms with Gasteiger partial charge in [0.2, 0.25) is 0 Å². The average Bonchev–Trinajstić information content (AvgIpc) is 2.48. The van der Waals surface area contributed by atoms with Crippen molar-refractivity contribution in [2.45, 2.75) is 19.3 Å². The second kappa shape index (κ2) is 7.62. The van der Waals surface area contributed by atoms with Gasteiger partial charge in [-0.05, 0) is 43.7 Å². The number of likely N-dealkylation sites (N-methyl/N-ethyl adjacent to an activating group) is 1. The Kier molecular flexibility index (Phi) is 5.83. The number of aryl methyl sites for hydroxylation is 1. The summed E-state index contributed by atoms with van der Waals surface area (Å²) in [6.07, 6.45) is 0.953. The molecule has 0 aliphatic rings. The fraction of sp³-hybridized carbons (Fsp3) is 0.333. The van der Waals surface area contributed by atoms with Crippen LogP contribution in [0.3, 0.4) is 0 Å². The molecule has 3 heteroatoms. The molecule has 2 nitrogen and oxygen atoms in total. The summed E-state index contributed by atoms with van der Waals surface area (Å²) in [5.74, 6) is 1.37. The number of methoxy groups -OCH3 is 1. The third kappa shape index (κ3) is 4.08. The maximum absolute atomic E-state index is 5.51. The Morgan fingerprint density at radius 2 is 1.95 bits per heavy atom. The van der Waals surface area contributed by atoms with Gasteiger partial charge >= 0.3 is 0 Å². The van der Waals surface area contributed by atoms with E-state index < -0.39 is 0 Å². The first-order chi connectivity index (χ1) is 10.2. The van der Waals surface area contributed by atoms with Crippen molar-refractivity contribution in [1.29, 1.82) is 0 Å². The standard InChI is InChI=1S/C18H22BrNO/c1-13-8-9-18(21-3)14(10-13)11-15(12-20-2)16-6-4-5-7-17(16)19/h4-10,15,20H,11-12H2,1-3H3. The summed E-state index contributed by atoms with van der Waals surface area (Å²) >= 11 is 3.67. The monoisotopic (exact) mass is 347 g/mol. The lowest BCUT2D eigenvalue weighted by molar-refractivity contribution is 0.407. The fourth-order valence-electron chi connectivity index (χ4n) is 2.68. The first-order valence-electron chi connectivity index (χ1n) is 7.18. The molecule has 0 spiro atoms. The van der Waals surface area contributed by atoms with Crippen LogP contribution in [0.2, 0.25) is 0 Å². The molecule has 1 unspecified atom stereocenters. The zero-order valence-electron chi connectivity index (χ0n) is 12.8. The van der Waals surface area contributed by atoms with E-state index in [4.69, 9.17) is 4.74 Å². The summed E-state index contributed by atoms with van der Waals surface area (Å²) in [5, 5.41) is 3.30. The molecule has 21 heavy (non-hydrogen) atoms. The fourth-order valence-corrected chi connectivity index (χ4v) is 3.29. The third-order valence-corrected chi connectivity index (χ3v) is 4.42. The van der Waals surface area contributed by atoms with Gasteiger partial charge in [-0.1, -0.05) is 51.8 Å². The van der Waals surface area contributed by atoms with Crippen molar-refractivity contribution < 1.29 is 4.74 Å². The Morgan fingerprint density at radius 1 is 1.19 bits per heavy atom. The van der Waals surface area contributed by atoms with E-state index in [0.29, 0.717) is 5.92 Å². The summed E-state index contributed by atoms with van der Waals surface area (Å²) in [7, 11) is 3.73. The molecule has 0 bridgehead atoms. The minimum absolute atomic E-state index is 0.404. The van der Waals surface area contributed by atoms with E-state index in [1.165, 1.54) is 16.7 Å². The molecule has 2 aromatic rings. The van der Waals surface area contributed by atoms with Crippen LogP contribution in [0.1, 0.15) is 22.6 Å². The molecule has 2 rings (SSSR count). The second-order valence-electron chi connectivity index (χ2n) is 5.30. The van der Waals surface area contributed by atoms with E-state index in [1.54, 1.807) is 7.11 Å². The van der Waals surface area contributed by atoms with Crippen LogP contribution in [0.4, 0.5) is 0 Å². The van der Waals surface area contributed by atoms with Crippen LogP contribution in [0.15, 0.2) is 46.9 Å². The predicted molar refractivity (Wildman–Crippen MR) is 92.2 cm³/mol. The normalized spacial score (nSPS) is 12.2. The van der Waals surface area contributed by atoms with Gasteiger partial charge in [-0.3, -0.25) is 0 Å². The van der Waals surface area contributed by atoms with E-state index in [2.05, 4.69) is 70.6 Å². The van der Waals surface area contributed by atoms with E-state index in [1.807, 2.05) is 7.05 Å². The van der Waals surface area contributed by atoms with Gasteiger partial charge in [0.25, 0.3) is 0 Å². The van der Waals surface area contributed by atoms with Crippen molar-refractivity contribution in [2.24, 2.45) is 0 Å². The zero-order chi connectivity index (χ0) is 15.2. The van der Waals surface area contributed by atoms with E-state index >= 15 is 0 Å². The highest BCUT2D eigenvalue weighted by atomic mass is 79.9. The Labute approximate surface area is 135 Å². The highest BCUT2D eigenvalue weighted by Gasteiger charge is 2.16. The topological polar surface area (TPSA) is 21.3 Å². The van der Waals surface area contributed by atoms with Crippen LogP contribution in [0, 0.1) is 6.92 Å². The minimum atomic E-state index is 0.404. The van der Waals surface area contributed by atoms with Crippen molar-refractivity contribution >= 4 is 15.9 Å². The molecule has 0 heterocycles. The van der Waals surface area contributed by atoms with Crippen molar-refractivity contribution in [1.82, 2.24) is 5.32 Å². The van der Waals surface area contributed by atoms with Crippen molar-refractivity contribution in [3.63, 3.8) is 0 Å². The van der Waals surface area contributed by atoms with Crippen LogP contribution < -0.4 is 10.1 Å². The molecule has 1 atom stereocenters. The number of halogens is 1. The number of benzene rings is 2. The summed E-state index contributed by atoms with van der Waals surface area (Å²) in [6.45, 7) is 3.05. The number of ether oxygens (including phenoxy) is 1. The van der Waals surface area contributed by atoms with Gasteiger partial charge in [0.15, 0.2) is 0 Å². The Morgan fingerprint density at radius 3 is 2.62 bits per heavy atom. The molecule has 112 valence electrons. The first-order valence-corrected chi connectivity index (χ1v) is 7.97. The van der Waals surface area contributed by atoms with Crippen molar-refractivity contribution in [3.8, 4) is 5.75 Å². The molecular formula is C18H22BrNO. The molecule has 0 aliphatic heterocycles. The lowest BCUT2D eigenvalue weighted by atomic mass is 9.91. The van der Waals surface area contributed by atoms with E-state index in [0.717, 1.165) is 23.2 Å². The molecule has 0 radical (unpaired) electrons. The van der Waals surface area contributed by atoms with Crippen molar-refractivity contribution in [3.05, 3.63) is 63.6 Å². The van der Waals surface area contributed by atoms with Crippen LogP contribution in [0.5, 0.6) is 5.75 Å². The molecule has 1 N–H and O–H groups in total. The highest BCUT2D eigenvalue weighted by Crippen LogP contribution is 2.30. The maximum Gasteiger partial charge on any atom is 0.122 e. The minimum Gasteiger partial charge on any atom is -0.496 e. The molecule has 0 aliphatic carbocycles. The zero-order valence-corrected chi connectivity index (χ0v) is 14.4. The van der Waals surface area contributed by atoms with E-state index in [9.17, 15) is 0 Å². The lowest BCUT2D eigenvalue weighted by Crippen LogP contribution is -2.19. The van der Waals surface area contributed by atoms with Crippen LogP contribution >= 0.6 is 15.9 Å². The SMILES string of the molecule is CNCC(Cc1cc(C)ccc1OC)c1ccccc1Br. The Balaban J connectivity index is 2.33. The predicted octanol–water partition coefficient (Wildman–Crippen LogP) is 4.31. The van der Waals surface area contributed by atoms with Gasteiger partial charge in [0, 0.05) is 16.9 Å². The Hall–Kier alpha value is -1.32. The number of nitrogens with one attached hydrogen (secondary N) is 1. The summed E-state index contributed by atoms with van der Waals surface area (Å²) in [5.41, 5.74) is 3.85. The highest BCUT2D eigenvalue weighted by molar-refractivity contribution is 9.10. The third-order valence-electron chi connectivity index (χ3n) is 3.70. The number of rotatable bonds is 6. The second-order valence-corrected chi connectivity index (χ2v) is 6.15. The van der Waals surface area contributed by atoms with Crippen LogP contribution in [0.25, 0.3) is 0 Å².